The molecule has 0 heterocycles. The number of ether oxygens (including phenoxy) is 1. The highest BCUT2D eigenvalue weighted by Crippen LogP contribution is 2.22. The van der Waals surface area contributed by atoms with Gasteiger partial charge in [0.05, 0.1) is 13.0 Å². The minimum absolute atomic E-state index is 0.180. The van der Waals surface area contributed by atoms with Gasteiger partial charge in [-0.3, -0.25) is 4.79 Å². The standard InChI is InChI=1S/C14H20O2/c1-3-16-14(15)11-7-8-12(2)13-9-5-4-6-10-13/h7,9H,3-6,10-11H2,1-2H3. The summed E-state index contributed by atoms with van der Waals surface area (Å²) in [5.74, 6) is -0.180. The normalized spacial score (nSPS) is 14.8. The fraction of sp³-hybridized carbons (Fsp3) is 0.571. The molecule has 0 aromatic heterocycles. The van der Waals surface area contributed by atoms with Gasteiger partial charge in [-0.05, 0) is 56.8 Å². The molecule has 0 N–H and O–H groups in total. The van der Waals surface area contributed by atoms with Gasteiger partial charge in [0.2, 0.25) is 0 Å². The predicted octanol–water partition coefficient (Wildman–Crippen LogP) is 3.54. The Hall–Kier alpha value is -1.27. The van der Waals surface area contributed by atoms with Crippen LogP contribution in [-0.2, 0) is 9.53 Å². The van der Waals surface area contributed by atoms with Gasteiger partial charge in [0.25, 0.3) is 0 Å². The van der Waals surface area contributed by atoms with Crippen LogP contribution in [-0.4, -0.2) is 12.6 Å². The molecule has 1 rings (SSSR count). The number of hydrogen-bond acceptors (Lipinski definition) is 2. The largest absolute Gasteiger partial charge is 0.466 e. The van der Waals surface area contributed by atoms with Crippen molar-refractivity contribution >= 4 is 5.97 Å². The SMILES string of the molecule is CCOC(=O)CC=C=C(C)C1=CCCCC1. The van der Waals surface area contributed by atoms with Crippen molar-refractivity contribution in [1.29, 1.82) is 0 Å². The highest BCUT2D eigenvalue weighted by Gasteiger charge is 2.04. The molecular weight excluding hydrogens is 200 g/mol. The molecule has 0 fully saturated rings. The summed E-state index contributed by atoms with van der Waals surface area (Å²) in [5.41, 5.74) is 5.70. The van der Waals surface area contributed by atoms with Crippen LogP contribution in [0.5, 0.6) is 0 Å². The molecule has 88 valence electrons. The fourth-order valence-electron chi connectivity index (χ4n) is 1.78. The van der Waals surface area contributed by atoms with Crippen molar-refractivity contribution in [3.8, 4) is 0 Å². The first-order valence-corrected chi connectivity index (χ1v) is 6.00. The van der Waals surface area contributed by atoms with E-state index >= 15 is 0 Å². The van der Waals surface area contributed by atoms with E-state index in [9.17, 15) is 4.79 Å². The van der Waals surface area contributed by atoms with Crippen molar-refractivity contribution in [3.63, 3.8) is 0 Å². The minimum atomic E-state index is -0.180. The molecule has 0 saturated heterocycles. The van der Waals surface area contributed by atoms with E-state index in [1.165, 1.54) is 24.8 Å². The van der Waals surface area contributed by atoms with Crippen molar-refractivity contribution in [2.75, 3.05) is 6.61 Å². The van der Waals surface area contributed by atoms with Crippen LogP contribution in [0.3, 0.4) is 0 Å². The summed E-state index contributed by atoms with van der Waals surface area (Å²) >= 11 is 0. The van der Waals surface area contributed by atoms with Crippen LogP contribution in [0.4, 0.5) is 0 Å². The first-order valence-electron chi connectivity index (χ1n) is 6.00. The fourth-order valence-corrected chi connectivity index (χ4v) is 1.78. The van der Waals surface area contributed by atoms with E-state index in [2.05, 4.69) is 18.7 Å². The van der Waals surface area contributed by atoms with E-state index in [1.807, 2.05) is 6.92 Å². The quantitative estimate of drug-likeness (QED) is 0.535. The Kier molecular flexibility index (Phi) is 5.66. The zero-order valence-electron chi connectivity index (χ0n) is 10.2. The average molecular weight is 220 g/mol. The third-order valence-electron chi connectivity index (χ3n) is 2.67. The zero-order chi connectivity index (χ0) is 11.8. The molecule has 1 aliphatic rings. The maximum absolute atomic E-state index is 11.1. The average Bonchev–Trinajstić information content (AvgIpc) is 2.30. The molecule has 0 spiro atoms. The maximum Gasteiger partial charge on any atom is 0.310 e. The molecule has 0 saturated carbocycles. The molecule has 16 heavy (non-hydrogen) atoms. The highest BCUT2D eigenvalue weighted by molar-refractivity contribution is 5.71. The lowest BCUT2D eigenvalue weighted by Crippen LogP contribution is -2.01. The van der Waals surface area contributed by atoms with Crippen molar-refractivity contribution in [1.82, 2.24) is 0 Å². The monoisotopic (exact) mass is 220 g/mol. The van der Waals surface area contributed by atoms with E-state index in [1.54, 1.807) is 6.08 Å². The van der Waals surface area contributed by atoms with Crippen LogP contribution in [0.25, 0.3) is 0 Å². The van der Waals surface area contributed by atoms with Crippen molar-refractivity contribution in [2.24, 2.45) is 0 Å². The number of rotatable bonds is 4. The Bertz CT molecular complexity index is 331. The second kappa shape index (κ2) is 7.08. The number of allylic oxidation sites excluding steroid dienone is 2. The molecule has 0 aromatic rings. The molecule has 2 nitrogen and oxygen atoms in total. The van der Waals surface area contributed by atoms with Gasteiger partial charge in [0.15, 0.2) is 0 Å². The van der Waals surface area contributed by atoms with E-state index in [0.29, 0.717) is 13.0 Å². The predicted molar refractivity (Wildman–Crippen MR) is 65.1 cm³/mol. The van der Waals surface area contributed by atoms with Crippen molar-refractivity contribution < 1.29 is 9.53 Å². The summed E-state index contributed by atoms with van der Waals surface area (Å²) in [6.07, 6.45) is 9.25. The summed E-state index contributed by atoms with van der Waals surface area (Å²) in [4.78, 5) is 11.1. The van der Waals surface area contributed by atoms with Crippen molar-refractivity contribution in [3.05, 3.63) is 29.0 Å². The number of esters is 1. The minimum Gasteiger partial charge on any atom is -0.466 e. The van der Waals surface area contributed by atoms with Gasteiger partial charge in [-0.15, -0.1) is 5.73 Å². The summed E-state index contributed by atoms with van der Waals surface area (Å²) in [7, 11) is 0. The lowest BCUT2D eigenvalue weighted by atomic mass is 9.95. The molecule has 0 bridgehead atoms. The molecule has 0 unspecified atom stereocenters. The van der Waals surface area contributed by atoms with Gasteiger partial charge in [0, 0.05) is 0 Å². The first kappa shape index (κ1) is 12.8. The van der Waals surface area contributed by atoms with Gasteiger partial charge in [-0.2, -0.15) is 0 Å². The maximum atomic E-state index is 11.1. The second-order valence-corrected chi connectivity index (χ2v) is 3.96. The van der Waals surface area contributed by atoms with E-state index in [4.69, 9.17) is 4.74 Å². The number of carbonyl (C=O) groups excluding carboxylic acids is 1. The molecule has 0 radical (unpaired) electrons. The topological polar surface area (TPSA) is 26.3 Å². The third kappa shape index (κ3) is 4.50. The molecular formula is C14H20O2. The van der Waals surface area contributed by atoms with Crippen LogP contribution in [0.15, 0.2) is 29.0 Å². The Morgan fingerprint density at radius 2 is 2.38 bits per heavy atom. The Morgan fingerprint density at radius 1 is 1.56 bits per heavy atom. The summed E-state index contributed by atoms with van der Waals surface area (Å²) in [5, 5.41) is 0. The number of hydrogen-bond donors (Lipinski definition) is 0. The third-order valence-corrected chi connectivity index (χ3v) is 2.67. The lowest BCUT2D eigenvalue weighted by Gasteiger charge is -2.11. The first-order chi connectivity index (χ1) is 7.74. The van der Waals surface area contributed by atoms with Gasteiger partial charge in [-0.25, -0.2) is 0 Å². The number of carbonyl (C=O) groups is 1. The molecule has 1 aliphatic carbocycles. The molecule has 0 amide bonds. The summed E-state index contributed by atoms with van der Waals surface area (Å²) in [6, 6.07) is 0. The van der Waals surface area contributed by atoms with E-state index in [-0.39, 0.29) is 5.97 Å². The summed E-state index contributed by atoms with van der Waals surface area (Å²) < 4.78 is 4.84. The van der Waals surface area contributed by atoms with Crippen LogP contribution in [0.1, 0.15) is 46.0 Å². The van der Waals surface area contributed by atoms with Crippen molar-refractivity contribution in [2.45, 2.75) is 46.0 Å². The lowest BCUT2D eigenvalue weighted by molar-refractivity contribution is -0.142. The Labute approximate surface area is 97.7 Å². The smallest absolute Gasteiger partial charge is 0.310 e. The van der Waals surface area contributed by atoms with Crippen LogP contribution in [0.2, 0.25) is 0 Å². The van der Waals surface area contributed by atoms with Gasteiger partial charge >= 0.3 is 5.97 Å². The molecule has 2 heteroatoms. The van der Waals surface area contributed by atoms with E-state index in [0.717, 1.165) is 12.0 Å². The Balaban J connectivity index is 2.51. The van der Waals surface area contributed by atoms with Gasteiger partial charge < -0.3 is 4.74 Å². The molecule has 0 aromatic carbocycles. The zero-order valence-corrected chi connectivity index (χ0v) is 10.2. The van der Waals surface area contributed by atoms with Gasteiger partial charge in [0.1, 0.15) is 0 Å². The van der Waals surface area contributed by atoms with Gasteiger partial charge in [-0.1, -0.05) is 6.08 Å². The second-order valence-electron chi connectivity index (χ2n) is 3.96. The highest BCUT2D eigenvalue weighted by atomic mass is 16.5. The van der Waals surface area contributed by atoms with Crippen LogP contribution >= 0.6 is 0 Å². The Morgan fingerprint density at radius 3 is 3.00 bits per heavy atom. The van der Waals surface area contributed by atoms with E-state index < -0.39 is 0 Å². The molecule has 0 atom stereocenters. The van der Waals surface area contributed by atoms with Crippen LogP contribution in [0, 0.1) is 0 Å². The summed E-state index contributed by atoms with van der Waals surface area (Å²) in [6.45, 7) is 4.31. The van der Waals surface area contributed by atoms with Crippen LogP contribution < -0.4 is 0 Å². The molecule has 0 aliphatic heterocycles.